The lowest BCUT2D eigenvalue weighted by molar-refractivity contribution is -0.454. The van der Waals surface area contributed by atoms with E-state index in [1.54, 1.807) is 31.0 Å². The molecular weight excluding hydrogens is 552 g/mol. The Hall–Kier alpha value is -4.42. The third-order valence-corrected chi connectivity index (χ3v) is 6.37. The first kappa shape index (κ1) is 40.6. The summed E-state index contributed by atoms with van der Waals surface area (Å²) in [5.74, 6) is 0. The second-order valence-corrected chi connectivity index (χ2v) is 10.6. The highest BCUT2D eigenvalue weighted by Gasteiger charge is 2.16. The van der Waals surface area contributed by atoms with Gasteiger partial charge in [0.15, 0.2) is 11.9 Å². The van der Waals surface area contributed by atoms with Gasteiger partial charge in [-0.15, -0.1) is 0 Å². The third kappa shape index (κ3) is 21.8. The van der Waals surface area contributed by atoms with Crippen molar-refractivity contribution in [2.75, 3.05) is 34.2 Å². The van der Waals surface area contributed by atoms with Crippen molar-refractivity contribution in [1.29, 1.82) is 0 Å². The standard InChI is InChI=1S/C9H15N.C8H8.C7H12N.C7H7N.C5H7N2.C3H9N/c1-3-10-8-6-4-5-7-9(10)2;1-2-8-6-4-3-5-7-8;1-3-8-6-4-5-7(8)2;1-2-7-3-5-8-6-4-7;1-2-7-4-3-6-5-7;1-4(2)3/h3H,1-2,4-8H2;2-7H,1H2;3H,2,4-6H2,1H3;2-6H,1H2;2-5H,1H3;1-3H3/q;;+1;;+1;. The summed E-state index contributed by atoms with van der Waals surface area (Å²) in [5, 5.41) is 0. The van der Waals surface area contributed by atoms with Gasteiger partial charge < -0.3 is 9.80 Å². The molecule has 0 atom stereocenters. The molecule has 2 fully saturated rings. The maximum Gasteiger partial charge on any atom is 0.290 e. The summed E-state index contributed by atoms with van der Waals surface area (Å²) in [5.41, 5.74) is 4.78. The molecule has 2 aromatic rings. The molecular formula is C39H58N6+2. The van der Waals surface area contributed by atoms with E-state index in [1.165, 1.54) is 55.6 Å². The summed E-state index contributed by atoms with van der Waals surface area (Å²) < 4.78 is 4.10. The van der Waals surface area contributed by atoms with Crippen molar-refractivity contribution in [2.45, 2.75) is 52.4 Å². The van der Waals surface area contributed by atoms with E-state index < -0.39 is 0 Å². The van der Waals surface area contributed by atoms with Crippen LogP contribution in [0.3, 0.4) is 0 Å². The van der Waals surface area contributed by atoms with Crippen LogP contribution in [0.5, 0.6) is 0 Å². The van der Waals surface area contributed by atoms with E-state index in [0.29, 0.717) is 0 Å². The van der Waals surface area contributed by atoms with Gasteiger partial charge in [0, 0.05) is 44.4 Å². The molecule has 0 unspecified atom stereocenters. The molecule has 3 aliphatic heterocycles. The molecule has 5 rings (SSSR count). The van der Waals surface area contributed by atoms with Crippen molar-refractivity contribution in [3.05, 3.63) is 129 Å². The van der Waals surface area contributed by atoms with Gasteiger partial charge >= 0.3 is 0 Å². The largest absolute Gasteiger partial charge is 0.353 e. The van der Waals surface area contributed by atoms with Crippen molar-refractivity contribution in [2.24, 2.45) is 4.99 Å². The molecule has 2 saturated heterocycles. The Morgan fingerprint density at radius 3 is 1.80 bits per heavy atom. The minimum absolute atomic E-state index is 1.11. The Balaban J connectivity index is 0.000000524. The number of likely N-dealkylation sites (tertiary alicyclic amines) is 1. The fourth-order valence-electron chi connectivity index (χ4n) is 3.89. The van der Waals surface area contributed by atoms with E-state index in [4.69, 9.17) is 0 Å². The van der Waals surface area contributed by atoms with Crippen LogP contribution in [0.4, 0.5) is 0 Å². The highest BCUT2D eigenvalue weighted by atomic mass is 15.1. The summed E-state index contributed by atoms with van der Waals surface area (Å²) >= 11 is 0. The van der Waals surface area contributed by atoms with E-state index >= 15 is 0 Å². The molecule has 6 heteroatoms. The van der Waals surface area contributed by atoms with Crippen molar-refractivity contribution in [3.8, 4) is 0 Å². The molecule has 4 heterocycles. The van der Waals surface area contributed by atoms with E-state index in [-0.39, 0.29) is 0 Å². The lowest BCUT2D eigenvalue weighted by Gasteiger charge is -2.18. The molecule has 1 aromatic heterocycles. The highest BCUT2D eigenvalue weighted by molar-refractivity contribution is 5.59. The van der Waals surface area contributed by atoms with Crippen molar-refractivity contribution in [1.82, 2.24) is 14.8 Å². The number of rotatable bonds is 3. The van der Waals surface area contributed by atoms with Gasteiger partial charge in [-0.2, -0.15) is 0 Å². The first-order chi connectivity index (χ1) is 21.7. The molecule has 6 nitrogen and oxygen atoms in total. The lowest BCUT2D eigenvalue weighted by Crippen LogP contribution is -2.14. The maximum atomic E-state index is 3.98. The van der Waals surface area contributed by atoms with Gasteiger partial charge in [0.2, 0.25) is 0 Å². The number of hydrogen-bond acceptors (Lipinski definition) is 4. The van der Waals surface area contributed by atoms with Crippen LogP contribution >= 0.6 is 0 Å². The summed E-state index contributed by atoms with van der Waals surface area (Å²) in [6.07, 6.45) is 25.9. The number of aliphatic imine (C=N–C) groups is 1. The topological polar surface area (TPSA) is 37.8 Å². The number of nitrogens with zero attached hydrogens (tertiary/aromatic N) is 6. The molecule has 0 aliphatic carbocycles. The molecule has 242 valence electrons. The van der Waals surface area contributed by atoms with Gasteiger partial charge in [0.05, 0.1) is 6.21 Å². The van der Waals surface area contributed by atoms with E-state index in [0.717, 1.165) is 18.5 Å². The average Bonchev–Trinajstić information content (AvgIpc) is 3.71. The third-order valence-electron chi connectivity index (χ3n) is 6.37. The first-order valence-electron chi connectivity index (χ1n) is 15.6. The molecule has 1 aromatic carbocycles. The van der Waals surface area contributed by atoms with Crippen LogP contribution in [0.1, 0.15) is 63.5 Å². The van der Waals surface area contributed by atoms with Gasteiger partial charge in [0.1, 0.15) is 19.0 Å². The van der Waals surface area contributed by atoms with Crippen LogP contribution in [0, 0.1) is 0 Å². The molecule has 0 saturated carbocycles. The molecule has 0 radical (unpaired) electrons. The summed E-state index contributed by atoms with van der Waals surface area (Å²) in [7, 11) is 6.00. The van der Waals surface area contributed by atoms with Crippen molar-refractivity contribution >= 4 is 30.9 Å². The minimum atomic E-state index is 1.11. The number of aromatic nitrogens is 1. The van der Waals surface area contributed by atoms with E-state index in [9.17, 15) is 0 Å². The number of allylic oxidation sites excluding steroid dienone is 2. The Morgan fingerprint density at radius 2 is 1.42 bits per heavy atom. The van der Waals surface area contributed by atoms with Crippen molar-refractivity contribution in [3.63, 3.8) is 0 Å². The number of pyridine rings is 1. The Bertz CT molecular complexity index is 1180. The van der Waals surface area contributed by atoms with Gasteiger partial charge in [-0.05, 0) is 83.4 Å². The Labute approximate surface area is 274 Å². The predicted octanol–water partition coefficient (Wildman–Crippen LogP) is 8.75. The van der Waals surface area contributed by atoms with Gasteiger partial charge in [-0.1, -0.05) is 80.2 Å². The highest BCUT2D eigenvalue weighted by Crippen LogP contribution is 2.17. The van der Waals surface area contributed by atoms with Gasteiger partial charge in [-0.3, -0.25) is 4.98 Å². The molecule has 45 heavy (non-hydrogen) atoms. The Kier molecular flexibility index (Phi) is 24.5. The normalized spacial score (nSPS) is 16.3. The predicted molar refractivity (Wildman–Crippen MR) is 200 cm³/mol. The van der Waals surface area contributed by atoms with E-state index in [1.807, 2.05) is 105 Å². The zero-order chi connectivity index (χ0) is 33.7. The zero-order valence-corrected chi connectivity index (χ0v) is 28.7. The smallest absolute Gasteiger partial charge is 0.290 e. The first-order valence-corrected chi connectivity index (χ1v) is 15.6. The quantitative estimate of drug-likeness (QED) is 0.326. The number of hydrogen-bond donors (Lipinski definition) is 0. The lowest BCUT2D eigenvalue weighted by atomic mass is 10.2. The SMILES string of the molecule is C=C1CCC[N+]1=CC.C=CN1CCCCCC1=C.C=Cc1ccccc1.C=Cc1ccncc1.CC=[N+]1C=CN=C1.CN(C)C. The fraction of sp³-hybridized carbons (Fsp3) is 0.333. The van der Waals surface area contributed by atoms with Gasteiger partial charge in [0.25, 0.3) is 6.34 Å². The summed E-state index contributed by atoms with van der Waals surface area (Å²) in [6.45, 7) is 25.2. The molecule has 0 N–H and O–H groups in total. The van der Waals surface area contributed by atoms with E-state index in [2.05, 4.69) is 65.5 Å². The monoisotopic (exact) mass is 610 g/mol. The van der Waals surface area contributed by atoms with Gasteiger partial charge in [-0.25, -0.2) is 9.15 Å². The molecule has 0 bridgehead atoms. The summed E-state index contributed by atoms with van der Waals surface area (Å²) in [6, 6.07) is 13.8. The second kappa shape index (κ2) is 27.2. The number of benzene rings is 1. The van der Waals surface area contributed by atoms with Crippen LogP contribution in [0.15, 0.2) is 123 Å². The fourth-order valence-corrected chi connectivity index (χ4v) is 3.89. The van der Waals surface area contributed by atoms with Crippen LogP contribution in [-0.4, -0.2) is 76.9 Å². The van der Waals surface area contributed by atoms with Crippen molar-refractivity contribution < 1.29 is 9.15 Å². The second-order valence-electron chi connectivity index (χ2n) is 10.6. The molecule has 0 amide bonds. The molecule has 3 aliphatic rings. The summed E-state index contributed by atoms with van der Waals surface area (Å²) in [4.78, 5) is 11.8. The van der Waals surface area contributed by atoms with Crippen LogP contribution in [0.2, 0.25) is 0 Å². The molecule has 0 spiro atoms. The maximum absolute atomic E-state index is 3.98. The zero-order valence-electron chi connectivity index (χ0n) is 28.7. The van der Waals surface area contributed by atoms with Crippen LogP contribution < -0.4 is 0 Å². The Morgan fingerprint density at radius 1 is 0.800 bits per heavy atom. The average molecular weight is 611 g/mol. The van der Waals surface area contributed by atoms with Crippen LogP contribution in [0.25, 0.3) is 12.2 Å². The minimum Gasteiger partial charge on any atom is -0.353 e. The van der Waals surface area contributed by atoms with Crippen LogP contribution in [-0.2, 0) is 0 Å².